The Labute approximate surface area is 426 Å². The lowest BCUT2D eigenvalue weighted by Gasteiger charge is -2.22. The second kappa shape index (κ2) is 17.7. The summed E-state index contributed by atoms with van der Waals surface area (Å²) in [6.07, 6.45) is -4.85. The van der Waals surface area contributed by atoms with Crippen LogP contribution in [0.2, 0.25) is 0 Å². The molecule has 0 aliphatic carbocycles. The van der Waals surface area contributed by atoms with E-state index in [4.69, 9.17) is 6.57 Å². The molecule has 74 heavy (non-hydrogen) atoms. The van der Waals surface area contributed by atoms with E-state index in [2.05, 4.69) is 160 Å². The third-order valence-electron chi connectivity index (χ3n) is 14.8. The molecule has 0 saturated carbocycles. The van der Waals surface area contributed by atoms with Crippen LogP contribution in [0.25, 0.3) is 115 Å². The highest BCUT2D eigenvalue weighted by molar-refractivity contribution is 6.14. The van der Waals surface area contributed by atoms with Gasteiger partial charge in [-0.1, -0.05) is 164 Å². The van der Waals surface area contributed by atoms with Crippen molar-refractivity contribution in [2.45, 2.75) is 33.9 Å². The van der Waals surface area contributed by atoms with E-state index >= 15 is 13.2 Å². The Balaban J connectivity index is 1.26. The van der Waals surface area contributed by atoms with Crippen molar-refractivity contribution in [1.29, 1.82) is 5.26 Å². The first-order valence-corrected chi connectivity index (χ1v) is 24.5. The van der Waals surface area contributed by atoms with Crippen molar-refractivity contribution in [3.05, 3.63) is 245 Å². The number of rotatable bonds is 7. The van der Waals surface area contributed by atoms with Crippen LogP contribution >= 0.6 is 0 Å². The van der Waals surface area contributed by atoms with Crippen molar-refractivity contribution in [3.63, 3.8) is 0 Å². The monoisotopic (exact) mass is 962 g/mol. The Morgan fingerprint density at radius 2 is 0.784 bits per heavy atom. The summed E-state index contributed by atoms with van der Waals surface area (Å²) in [5, 5.41) is 15.2. The van der Waals surface area contributed by atoms with Gasteiger partial charge in [-0.05, 0) is 136 Å². The molecule has 354 valence electrons. The first kappa shape index (κ1) is 45.7. The van der Waals surface area contributed by atoms with Gasteiger partial charge < -0.3 is 9.13 Å². The molecule has 0 atom stereocenters. The van der Waals surface area contributed by atoms with Crippen molar-refractivity contribution >= 4 is 49.3 Å². The summed E-state index contributed by atoms with van der Waals surface area (Å²) in [4.78, 5) is 3.81. The average molecular weight is 963 g/mol. The van der Waals surface area contributed by atoms with Crippen LogP contribution < -0.4 is 0 Å². The van der Waals surface area contributed by atoms with Crippen molar-refractivity contribution < 1.29 is 13.2 Å². The minimum Gasteiger partial charge on any atom is -0.309 e. The van der Waals surface area contributed by atoms with E-state index in [1.54, 1.807) is 12.1 Å². The number of alkyl halides is 3. The largest absolute Gasteiger partial charge is 0.415 e. The van der Waals surface area contributed by atoms with Crippen LogP contribution in [0.4, 0.5) is 18.9 Å². The quantitative estimate of drug-likeness (QED) is 0.147. The van der Waals surface area contributed by atoms with Gasteiger partial charge in [0.15, 0.2) is 5.69 Å². The fourth-order valence-electron chi connectivity index (χ4n) is 11.2. The molecule has 0 unspecified atom stereocenters. The van der Waals surface area contributed by atoms with Gasteiger partial charge >= 0.3 is 6.18 Å². The van der Waals surface area contributed by atoms with Crippen molar-refractivity contribution in [2.24, 2.45) is 0 Å². The van der Waals surface area contributed by atoms with Crippen molar-refractivity contribution in [2.75, 3.05) is 0 Å². The Morgan fingerprint density at radius 1 is 0.419 bits per heavy atom. The van der Waals surface area contributed by atoms with E-state index in [0.29, 0.717) is 11.4 Å². The Kier molecular flexibility index (Phi) is 10.9. The molecule has 7 heteroatoms. The van der Waals surface area contributed by atoms with Crippen LogP contribution in [-0.4, -0.2) is 9.13 Å². The first-order valence-electron chi connectivity index (χ1n) is 24.5. The molecule has 0 radical (unpaired) electrons. The predicted octanol–water partition coefficient (Wildman–Crippen LogP) is 18.9. The molecular formula is C67H45F3N4. The Bertz CT molecular complexity index is 4180. The third kappa shape index (κ3) is 7.44. The molecule has 2 aromatic heterocycles. The van der Waals surface area contributed by atoms with Gasteiger partial charge in [0, 0.05) is 27.1 Å². The second-order valence-electron chi connectivity index (χ2n) is 19.2. The molecule has 0 aliphatic rings. The van der Waals surface area contributed by atoms with Crippen molar-refractivity contribution in [3.8, 4) is 73.1 Å². The topological polar surface area (TPSA) is 38.0 Å². The molecule has 12 rings (SSSR count). The lowest BCUT2D eigenvalue weighted by Crippen LogP contribution is -2.10. The predicted molar refractivity (Wildman–Crippen MR) is 297 cm³/mol. The van der Waals surface area contributed by atoms with Gasteiger partial charge in [0.1, 0.15) is 6.07 Å². The van der Waals surface area contributed by atoms with Crippen LogP contribution in [0.1, 0.15) is 33.4 Å². The minimum absolute atomic E-state index is 0.152. The summed E-state index contributed by atoms with van der Waals surface area (Å²) >= 11 is 0. The van der Waals surface area contributed by atoms with Gasteiger partial charge in [0.05, 0.1) is 51.1 Å². The van der Waals surface area contributed by atoms with E-state index in [1.807, 2.05) is 57.7 Å². The van der Waals surface area contributed by atoms with Gasteiger partial charge in [-0.2, -0.15) is 18.4 Å². The van der Waals surface area contributed by atoms with Crippen LogP contribution in [0, 0.1) is 45.6 Å². The third-order valence-corrected chi connectivity index (χ3v) is 14.8. The summed E-state index contributed by atoms with van der Waals surface area (Å²) in [6, 6.07) is 67.5. The standard InChI is InChI=1S/C67H45F3N4/c1-40-15-6-10-19-49(40)44-25-29-53-54-30-26-45(50-20-11-7-16-41(50)2)34-62(54)73(61(53)33-44)60-38-57(66-58(67(68,69)70)23-14-24-59(66)72-5)65(37-48(60)39-71)74-63-35-46(51-21-12-8-17-42(51)3)27-31-55(63)56-32-28-47(36-64(56)74)52-22-13-9-18-43(52)4/h6-38H,1-4H3. The maximum atomic E-state index is 15.8. The van der Waals surface area contributed by atoms with Crippen LogP contribution in [-0.2, 0) is 6.18 Å². The smallest absolute Gasteiger partial charge is 0.309 e. The summed E-state index contributed by atoms with van der Waals surface area (Å²) < 4.78 is 51.5. The highest BCUT2D eigenvalue weighted by Gasteiger charge is 2.36. The van der Waals surface area contributed by atoms with Gasteiger partial charge in [-0.3, -0.25) is 0 Å². The van der Waals surface area contributed by atoms with Gasteiger partial charge in [0.25, 0.3) is 0 Å². The summed E-state index contributed by atoms with van der Waals surface area (Å²) in [5.41, 5.74) is 14.9. The van der Waals surface area contributed by atoms with Gasteiger partial charge in [0.2, 0.25) is 0 Å². The second-order valence-corrected chi connectivity index (χ2v) is 19.2. The molecule has 0 aliphatic heterocycles. The maximum absolute atomic E-state index is 15.8. The number of hydrogen-bond acceptors (Lipinski definition) is 1. The molecule has 0 fully saturated rings. The summed E-state index contributed by atoms with van der Waals surface area (Å²) in [5.74, 6) is 0. The van der Waals surface area contributed by atoms with E-state index in [1.165, 1.54) is 12.1 Å². The zero-order valence-corrected chi connectivity index (χ0v) is 41.0. The number of aryl methyl sites for hydroxylation is 4. The van der Waals surface area contributed by atoms with E-state index in [9.17, 15) is 5.26 Å². The molecule has 12 aromatic rings. The number of nitrogens with zero attached hydrogens (tertiary/aromatic N) is 4. The van der Waals surface area contributed by atoms with E-state index < -0.39 is 11.7 Å². The Hall–Kier alpha value is -9.43. The number of halogens is 3. The number of hydrogen-bond donors (Lipinski definition) is 0. The van der Waals surface area contributed by atoms with E-state index in [-0.39, 0.29) is 22.4 Å². The van der Waals surface area contributed by atoms with E-state index in [0.717, 1.165) is 116 Å². The van der Waals surface area contributed by atoms with Crippen LogP contribution in [0.5, 0.6) is 0 Å². The number of aromatic nitrogens is 2. The molecule has 0 bridgehead atoms. The van der Waals surface area contributed by atoms with Gasteiger partial charge in [-0.25, -0.2) is 4.85 Å². The number of fused-ring (bicyclic) bond motifs is 6. The first-order chi connectivity index (χ1) is 35.9. The fraction of sp³-hybridized carbons (Fsp3) is 0.0746. The summed E-state index contributed by atoms with van der Waals surface area (Å²) in [6.45, 7) is 16.7. The molecule has 0 amide bonds. The molecule has 0 saturated heterocycles. The lowest BCUT2D eigenvalue weighted by molar-refractivity contribution is -0.137. The fourth-order valence-corrected chi connectivity index (χ4v) is 11.2. The molecule has 0 spiro atoms. The van der Waals surface area contributed by atoms with Crippen molar-refractivity contribution in [1.82, 2.24) is 9.13 Å². The zero-order valence-electron chi connectivity index (χ0n) is 41.0. The zero-order chi connectivity index (χ0) is 51.0. The molecule has 10 aromatic carbocycles. The number of benzene rings is 10. The molecule has 2 heterocycles. The lowest BCUT2D eigenvalue weighted by atomic mass is 9.93. The molecule has 0 N–H and O–H groups in total. The average Bonchev–Trinajstić information content (AvgIpc) is 3.95. The highest BCUT2D eigenvalue weighted by atomic mass is 19.4. The van der Waals surface area contributed by atoms with Crippen LogP contribution in [0.3, 0.4) is 0 Å². The van der Waals surface area contributed by atoms with Gasteiger partial charge in [-0.15, -0.1) is 0 Å². The maximum Gasteiger partial charge on any atom is 0.415 e. The molecule has 4 nitrogen and oxygen atoms in total. The highest BCUT2D eigenvalue weighted by Crippen LogP contribution is 2.49. The Morgan fingerprint density at radius 3 is 1.12 bits per heavy atom. The van der Waals surface area contributed by atoms with Crippen LogP contribution in [0.15, 0.2) is 200 Å². The minimum atomic E-state index is -4.85. The normalized spacial score (nSPS) is 11.7. The number of nitriles is 1. The summed E-state index contributed by atoms with van der Waals surface area (Å²) in [7, 11) is 0. The molecular weight excluding hydrogens is 918 g/mol. The SMILES string of the molecule is [C-]#[N+]c1cccc(C(F)(F)F)c1-c1cc(-n2c3cc(-c4ccccc4C)ccc3c3ccc(-c4ccccc4C)cc32)c(C#N)cc1-n1c2cc(-c3ccccc3C)ccc2c2ccc(-c3ccccc3C)cc21.